The monoisotopic (exact) mass is 550 g/mol. The summed E-state index contributed by atoms with van der Waals surface area (Å²) in [6.45, 7) is 9.57. The lowest BCUT2D eigenvalue weighted by molar-refractivity contribution is -0.170. The number of Topliss-reactive ketones (excluding diaryl/α,β-unsaturated/α-hetero) is 1. The number of hydrogen-bond donors (Lipinski definition) is 1. The average molecular weight is 551 g/mol. The third kappa shape index (κ3) is 8.43. The van der Waals surface area contributed by atoms with E-state index < -0.39 is 24.4 Å². The molecule has 3 aliphatic rings. The normalized spacial score (nSPS) is 33.9. The van der Waals surface area contributed by atoms with Crippen molar-refractivity contribution in [3.8, 4) is 0 Å². The van der Waals surface area contributed by atoms with Crippen molar-refractivity contribution in [2.75, 3.05) is 0 Å². The Labute approximate surface area is 233 Å². The first-order chi connectivity index (χ1) is 18.4. The van der Waals surface area contributed by atoms with E-state index in [0.29, 0.717) is 23.5 Å². The van der Waals surface area contributed by atoms with Gasteiger partial charge in [0.15, 0.2) is 0 Å². The highest BCUT2D eigenvalue weighted by Crippen LogP contribution is 2.60. The molecule has 8 heteroatoms. The zero-order chi connectivity index (χ0) is 28.7. The Bertz CT molecular complexity index is 871. The molecule has 9 atom stereocenters. The minimum absolute atomic E-state index is 0.0609. The smallest absolute Gasteiger partial charge is 0.481 e. The maximum Gasteiger partial charge on any atom is 0.511 e. The molecule has 0 saturated heterocycles. The molecule has 0 heterocycles. The summed E-state index contributed by atoms with van der Waals surface area (Å²) < 4.78 is 15.8. The molecule has 8 nitrogen and oxygen atoms in total. The number of carboxylic acids is 1. The molecule has 0 aromatic rings. The molecule has 0 aliphatic heterocycles. The molecule has 222 valence electrons. The van der Waals surface area contributed by atoms with E-state index in [4.69, 9.17) is 19.3 Å². The van der Waals surface area contributed by atoms with E-state index in [2.05, 4.69) is 13.8 Å². The van der Waals surface area contributed by atoms with Crippen molar-refractivity contribution in [2.45, 2.75) is 130 Å². The second kappa shape index (κ2) is 14.0. The predicted octanol–water partition coefficient (Wildman–Crippen LogP) is 6.93. The Morgan fingerprint density at radius 1 is 0.974 bits per heavy atom. The quantitative estimate of drug-likeness (QED) is 0.205. The number of carbonyl (C=O) groups excluding carboxylic acids is 3. The van der Waals surface area contributed by atoms with Crippen LogP contribution in [0.1, 0.15) is 118 Å². The van der Waals surface area contributed by atoms with Gasteiger partial charge in [0.1, 0.15) is 11.9 Å². The molecule has 0 aromatic heterocycles. The van der Waals surface area contributed by atoms with Gasteiger partial charge >= 0.3 is 18.1 Å². The Morgan fingerprint density at radius 2 is 1.72 bits per heavy atom. The minimum atomic E-state index is -1.10. The maximum atomic E-state index is 12.4. The highest BCUT2D eigenvalue weighted by molar-refractivity contribution is 5.79. The number of esters is 1. The van der Waals surface area contributed by atoms with Gasteiger partial charge in [0.2, 0.25) is 6.29 Å². The van der Waals surface area contributed by atoms with Crippen LogP contribution in [0.15, 0.2) is 0 Å². The molecule has 3 fully saturated rings. The number of carbonyl (C=O) groups is 4. The van der Waals surface area contributed by atoms with Crippen LogP contribution in [0.25, 0.3) is 0 Å². The molecule has 1 N–H and O–H groups in total. The Hall–Kier alpha value is -2.12. The van der Waals surface area contributed by atoms with Crippen LogP contribution in [0.2, 0.25) is 0 Å². The van der Waals surface area contributed by atoms with E-state index in [0.717, 1.165) is 44.4 Å². The van der Waals surface area contributed by atoms with Gasteiger partial charge in [0.25, 0.3) is 0 Å². The minimum Gasteiger partial charge on any atom is -0.481 e. The molecule has 39 heavy (non-hydrogen) atoms. The fraction of sp³-hybridized carbons (Fsp3) is 0.871. The second-order valence-electron chi connectivity index (χ2n) is 12.9. The van der Waals surface area contributed by atoms with Gasteiger partial charge in [-0.2, -0.15) is 0 Å². The van der Waals surface area contributed by atoms with Crippen molar-refractivity contribution in [1.29, 1.82) is 0 Å². The van der Waals surface area contributed by atoms with E-state index in [9.17, 15) is 19.2 Å². The molecule has 0 spiro atoms. The third-order valence-corrected chi connectivity index (χ3v) is 10.1. The second-order valence-corrected chi connectivity index (χ2v) is 12.9. The van der Waals surface area contributed by atoms with Crippen molar-refractivity contribution in [3.05, 3.63) is 0 Å². The van der Waals surface area contributed by atoms with Crippen LogP contribution in [0.3, 0.4) is 0 Å². The summed E-state index contributed by atoms with van der Waals surface area (Å²) >= 11 is 0. The Morgan fingerprint density at radius 3 is 2.38 bits per heavy atom. The van der Waals surface area contributed by atoms with E-state index in [1.165, 1.54) is 39.0 Å². The van der Waals surface area contributed by atoms with Crippen LogP contribution in [-0.4, -0.2) is 41.4 Å². The lowest BCUT2D eigenvalue weighted by Gasteiger charge is -2.49. The third-order valence-electron chi connectivity index (χ3n) is 10.1. The fourth-order valence-corrected chi connectivity index (χ4v) is 8.23. The highest BCUT2D eigenvalue weighted by atomic mass is 16.8. The van der Waals surface area contributed by atoms with Crippen LogP contribution >= 0.6 is 0 Å². The van der Waals surface area contributed by atoms with Gasteiger partial charge in [0, 0.05) is 25.7 Å². The average Bonchev–Trinajstić information content (AvgIpc) is 3.19. The highest BCUT2D eigenvalue weighted by Gasteiger charge is 2.54. The molecule has 3 rings (SSSR count). The van der Waals surface area contributed by atoms with Crippen molar-refractivity contribution < 1.29 is 38.5 Å². The summed E-state index contributed by atoms with van der Waals surface area (Å²) in [6, 6.07) is 0. The van der Waals surface area contributed by atoms with Gasteiger partial charge in [-0.25, -0.2) is 4.79 Å². The van der Waals surface area contributed by atoms with Crippen molar-refractivity contribution in [1.82, 2.24) is 0 Å². The standard InChI is InChI=1S/C31H50O8/c1-6-23-14-15-31(5)26(20(3)32)12-13-27(31)25(23)11-10-22-8-7-9-24(18-22)39-30(36)38-21(4)37-29(35)17-19(2)16-28(33)34/h19,21-27H,6-18H2,1-5H3,(H,33,34)/t19?,21?,22-,23-,24+,25?,26?,27-,31?/m0/s1. The largest absolute Gasteiger partial charge is 0.511 e. The first-order valence-corrected chi connectivity index (χ1v) is 15.2. The van der Waals surface area contributed by atoms with Crippen LogP contribution in [0.4, 0.5) is 4.79 Å². The van der Waals surface area contributed by atoms with Gasteiger partial charge in [-0.3, -0.25) is 14.4 Å². The van der Waals surface area contributed by atoms with E-state index in [-0.39, 0.29) is 36.2 Å². The number of rotatable bonds is 12. The molecular weight excluding hydrogens is 500 g/mol. The van der Waals surface area contributed by atoms with Gasteiger partial charge in [0.05, 0.1) is 0 Å². The predicted molar refractivity (Wildman–Crippen MR) is 146 cm³/mol. The summed E-state index contributed by atoms with van der Waals surface area (Å²) in [4.78, 5) is 47.5. The summed E-state index contributed by atoms with van der Waals surface area (Å²) in [5.74, 6) is 1.16. The Balaban J connectivity index is 1.45. The molecule has 3 aliphatic carbocycles. The summed E-state index contributed by atoms with van der Waals surface area (Å²) in [7, 11) is 0. The van der Waals surface area contributed by atoms with Gasteiger partial charge in [-0.15, -0.1) is 0 Å². The van der Waals surface area contributed by atoms with Crippen molar-refractivity contribution >= 4 is 23.9 Å². The zero-order valence-corrected chi connectivity index (χ0v) is 24.6. The number of hydrogen-bond acceptors (Lipinski definition) is 7. The van der Waals surface area contributed by atoms with Crippen LogP contribution in [-0.2, 0) is 28.6 Å². The summed E-state index contributed by atoms with van der Waals surface area (Å²) in [5, 5.41) is 8.82. The maximum absolute atomic E-state index is 12.4. The number of ketones is 1. The molecule has 0 aromatic carbocycles. The first-order valence-electron chi connectivity index (χ1n) is 15.2. The van der Waals surface area contributed by atoms with Gasteiger partial charge in [-0.05, 0) is 93.3 Å². The van der Waals surface area contributed by atoms with Crippen LogP contribution in [0, 0.1) is 40.9 Å². The van der Waals surface area contributed by atoms with Crippen molar-refractivity contribution in [3.63, 3.8) is 0 Å². The number of fused-ring (bicyclic) bond motifs is 1. The molecular formula is C31H50O8. The fourth-order valence-electron chi connectivity index (χ4n) is 8.23. The Kier molecular flexibility index (Phi) is 11.3. The number of ether oxygens (including phenoxy) is 3. The van der Waals surface area contributed by atoms with Gasteiger partial charge < -0.3 is 19.3 Å². The summed E-state index contributed by atoms with van der Waals surface area (Å²) in [5.41, 5.74) is 0.151. The SMILES string of the molecule is CC[C@H]1CCC2(C)C(C(C)=O)CC[C@H]2C1CC[C@@H]1CCC[C@@H](OC(=O)OC(C)OC(=O)CC(C)CC(=O)O)C1. The lowest BCUT2D eigenvalue weighted by atomic mass is 9.56. The lowest BCUT2D eigenvalue weighted by Crippen LogP contribution is -2.43. The molecule has 3 saturated carbocycles. The van der Waals surface area contributed by atoms with Gasteiger partial charge in [-0.1, -0.05) is 40.0 Å². The number of carboxylic acid groups (broad SMARTS) is 1. The molecule has 0 amide bonds. The molecule has 5 unspecified atom stereocenters. The topological polar surface area (TPSA) is 116 Å². The van der Waals surface area contributed by atoms with Crippen LogP contribution in [0.5, 0.6) is 0 Å². The first kappa shape index (κ1) is 31.4. The van der Waals surface area contributed by atoms with E-state index in [1.807, 2.05) is 0 Å². The van der Waals surface area contributed by atoms with E-state index in [1.54, 1.807) is 13.8 Å². The summed E-state index contributed by atoms with van der Waals surface area (Å²) in [6.07, 6.45) is 9.53. The number of aliphatic carboxylic acids is 1. The molecule has 0 bridgehead atoms. The zero-order valence-electron chi connectivity index (χ0n) is 24.6. The van der Waals surface area contributed by atoms with Crippen molar-refractivity contribution in [2.24, 2.45) is 40.9 Å². The molecule has 0 radical (unpaired) electrons. The van der Waals surface area contributed by atoms with Crippen LogP contribution < -0.4 is 0 Å². The van der Waals surface area contributed by atoms with E-state index >= 15 is 0 Å².